The summed E-state index contributed by atoms with van der Waals surface area (Å²) < 4.78 is 15.0. The lowest BCUT2D eigenvalue weighted by Crippen LogP contribution is -2.51. The molecule has 0 spiro atoms. The van der Waals surface area contributed by atoms with Gasteiger partial charge >= 0.3 is 0 Å². The number of halogens is 1. The molecule has 152 valence electrons. The molecule has 1 saturated carbocycles. The molecule has 1 aromatic heterocycles. The summed E-state index contributed by atoms with van der Waals surface area (Å²) in [6, 6.07) is 7.58. The van der Waals surface area contributed by atoms with Crippen LogP contribution in [0.15, 0.2) is 24.3 Å². The summed E-state index contributed by atoms with van der Waals surface area (Å²) in [6.45, 7) is 7.19. The van der Waals surface area contributed by atoms with E-state index in [1.165, 1.54) is 44.2 Å². The van der Waals surface area contributed by atoms with E-state index in [-0.39, 0.29) is 11.9 Å². The highest BCUT2D eigenvalue weighted by Gasteiger charge is 2.30. The molecule has 0 amide bonds. The Balaban J connectivity index is 1.40. The highest BCUT2D eigenvalue weighted by Crippen LogP contribution is 2.27. The molecule has 0 radical (unpaired) electrons. The topological polar surface area (TPSA) is 50.1 Å². The van der Waals surface area contributed by atoms with E-state index in [2.05, 4.69) is 32.2 Å². The van der Waals surface area contributed by atoms with E-state index >= 15 is 0 Å². The second-order valence-electron chi connectivity index (χ2n) is 8.11. The minimum atomic E-state index is -0.219. The first-order chi connectivity index (χ1) is 13.7. The lowest BCUT2D eigenvalue weighted by atomic mass is 9.93. The van der Waals surface area contributed by atoms with Crippen molar-refractivity contribution in [1.82, 2.24) is 30.0 Å². The Morgan fingerprint density at radius 3 is 2.43 bits per heavy atom. The lowest BCUT2D eigenvalue weighted by Gasteiger charge is -2.42. The Bertz CT molecular complexity index is 732. The zero-order valence-corrected chi connectivity index (χ0v) is 16.8. The molecule has 1 aliphatic heterocycles. The summed E-state index contributed by atoms with van der Waals surface area (Å²) in [4.78, 5) is 5.23. The molecule has 6 nitrogen and oxygen atoms in total. The Morgan fingerprint density at radius 1 is 1.04 bits per heavy atom. The summed E-state index contributed by atoms with van der Waals surface area (Å²) in [5.41, 5.74) is 1.01. The molecule has 0 N–H and O–H groups in total. The van der Waals surface area contributed by atoms with Crippen molar-refractivity contribution in [3.8, 4) is 0 Å². The van der Waals surface area contributed by atoms with Gasteiger partial charge in [0.1, 0.15) is 5.82 Å². The van der Waals surface area contributed by atoms with Crippen molar-refractivity contribution >= 4 is 0 Å². The average Bonchev–Trinajstić information content (AvgIpc) is 3.19. The van der Waals surface area contributed by atoms with Gasteiger partial charge in [-0.3, -0.25) is 9.80 Å². The van der Waals surface area contributed by atoms with Crippen molar-refractivity contribution in [3.05, 3.63) is 41.5 Å². The van der Waals surface area contributed by atoms with Crippen LogP contribution in [0, 0.1) is 5.82 Å². The molecule has 1 atom stereocenters. The van der Waals surface area contributed by atoms with Crippen molar-refractivity contribution < 1.29 is 4.39 Å². The second-order valence-corrected chi connectivity index (χ2v) is 8.11. The van der Waals surface area contributed by atoms with Gasteiger partial charge in [0.25, 0.3) is 0 Å². The van der Waals surface area contributed by atoms with Crippen LogP contribution in [-0.4, -0.2) is 62.2 Å². The van der Waals surface area contributed by atoms with Gasteiger partial charge in [0.2, 0.25) is 0 Å². The van der Waals surface area contributed by atoms with E-state index in [0.717, 1.165) is 50.0 Å². The zero-order valence-electron chi connectivity index (χ0n) is 16.8. The SMILES string of the molecule is CC[C@H](c1nnnn1Cc1ccc(F)cc1)N1CCN(C2CCCCC2)CC1. The molecule has 4 rings (SSSR count). The summed E-state index contributed by atoms with van der Waals surface area (Å²) in [5.74, 6) is 0.695. The minimum Gasteiger partial charge on any atom is -0.298 e. The number of hydrogen-bond donors (Lipinski definition) is 0. The largest absolute Gasteiger partial charge is 0.298 e. The monoisotopic (exact) mass is 386 g/mol. The maximum atomic E-state index is 13.2. The van der Waals surface area contributed by atoms with Crippen molar-refractivity contribution in [2.45, 2.75) is 64.1 Å². The van der Waals surface area contributed by atoms with Crippen LogP contribution in [-0.2, 0) is 6.54 Å². The van der Waals surface area contributed by atoms with Gasteiger partial charge < -0.3 is 0 Å². The van der Waals surface area contributed by atoms with Crippen LogP contribution in [0.2, 0.25) is 0 Å². The molecule has 1 saturated heterocycles. The molecule has 1 aliphatic carbocycles. The Labute approximate surface area is 166 Å². The first kappa shape index (κ1) is 19.5. The summed E-state index contributed by atoms with van der Waals surface area (Å²) >= 11 is 0. The molecule has 28 heavy (non-hydrogen) atoms. The van der Waals surface area contributed by atoms with Crippen LogP contribution < -0.4 is 0 Å². The van der Waals surface area contributed by atoms with Crippen LogP contribution in [0.25, 0.3) is 0 Å². The molecule has 0 bridgehead atoms. The van der Waals surface area contributed by atoms with Gasteiger partial charge in [-0.25, -0.2) is 9.07 Å². The third-order valence-corrected chi connectivity index (χ3v) is 6.37. The predicted molar refractivity (Wildman–Crippen MR) is 106 cm³/mol. The summed E-state index contributed by atoms with van der Waals surface area (Å²) in [6.07, 6.45) is 7.90. The summed E-state index contributed by atoms with van der Waals surface area (Å²) in [7, 11) is 0. The van der Waals surface area contributed by atoms with E-state index in [1.54, 1.807) is 12.1 Å². The van der Waals surface area contributed by atoms with Crippen LogP contribution in [0.3, 0.4) is 0 Å². The highest BCUT2D eigenvalue weighted by atomic mass is 19.1. The third kappa shape index (κ3) is 4.41. The molecule has 2 aromatic rings. The van der Waals surface area contributed by atoms with Gasteiger partial charge in [0, 0.05) is 32.2 Å². The lowest BCUT2D eigenvalue weighted by molar-refractivity contribution is 0.0516. The number of benzene rings is 1. The molecule has 2 aliphatic rings. The average molecular weight is 387 g/mol. The standard InChI is InChI=1S/C21H31FN6/c1-2-20(27-14-12-26(13-15-27)19-6-4-3-5-7-19)21-23-24-25-28(21)16-17-8-10-18(22)11-9-17/h8-11,19-20H,2-7,12-16H2,1H3/t20-/m1/s1. The molecule has 2 fully saturated rings. The predicted octanol–water partition coefficient (Wildman–Crippen LogP) is 3.26. The normalized spacial score (nSPS) is 21.1. The van der Waals surface area contributed by atoms with Crippen molar-refractivity contribution in [2.24, 2.45) is 0 Å². The van der Waals surface area contributed by atoms with Crippen molar-refractivity contribution in [2.75, 3.05) is 26.2 Å². The van der Waals surface area contributed by atoms with Crippen molar-refractivity contribution in [3.63, 3.8) is 0 Å². The molecular weight excluding hydrogens is 355 g/mol. The second kappa shape index (κ2) is 9.09. The molecule has 1 aromatic carbocycles. The Morgan fingerprint density at radius 2 is 1.75 bits per heavy atom. The number of hydrogen-bond acceptors (Lipinski definition) is 5. The molecule has 2 heterocycles. The minimum absolute atomic E-state index is 0.219. The zero-order chi connectivity index (χ0) is 19.3. The van der Waals surface area contributed by atoms with E-state index in [1.807, 2.05) is 4.68 Å². The van der Waals surface area contributed by atoms with Crippen LogP contribution >= 0.6 is 0 Å². The van der Waals surface area contributed by atoms with Gasteiger partial charge in [-0.15, -0.1) is 5.10 Å². The number of rotatable bonds is 6. The smallest absolute Gasteiger partial charge is 0.168 e. The third-order valence-electron chi connectivity index (χ3n) is 6.37. The van der Waals surface area contributed by atoms with Gasteiger partial charge in [0.05, 0.1) is 12.6 Å². The number of tetrazole rings is 1. The van der Waals surface area contributed by atoms with E-state index in [4.69, 9.17) is 0 Å². The van der Waals surface area contributed by atoms with Crippen LogP contribution in [0.1, 0.15) is 62.9 Å². The maximum Gasteiger partial charge on any atom is 0.168 e. The van der Waals surface area contributed by atoms with Crippen molar-refractivity contribution in [1.29, 1.82) is 0 Å². The summed E-state index contributed by atoms with van der Waals surface area (Å²) in [5, 5.41) is 12.5. The first-order valence-corrected chi connectivity index (χ1v) is 10.7. The number of aromatic nitrogens is 4. The fraction of sp³-hybridized carbons (Fsp3) is 0.667. The van der Waals surface area contributed by atoms with E-state index in [0.29, 0.717) is 6.54 Å². The first-order valence-electron chi connectivity index (χ1n) is 10.7. The Hall–Kier alpha value is -1.86. The van der Waals surface area contributed by atoms with E-state index < -0.39 is 0 Å². The fourth-order valence-corrected chi connectivity index (χ4v) is 4.79. The van der Waals surface area contributed by atoms with E-state index in [9.17, 15) is 4.39 Å². The fourth-order valence-electron chi connectivity index (χ4n) is 4.79. The highest BCUT2D eigenvalue weighted by molar-refractivity contribution is 5.16. The Kier molecular flexibility index (Phi) is 6.32. The molecular formula is C21H31FN6. The molecule has 0 unspecified atom stereocenters. The van der Waals surface area contributed by atoms with Crippen LogP contribution in [0.4, 0.5) is 4.39 Å². The van der Waals surface area contributed by atoms with Gasteiger partial charge in [-0.2, -0.15) is 0 Å². The maximum absolute atomic E-state index is 13.2. The number of piperazine rings is 1. The quantitative estimate of drug-likeness (QED) is 0.763. The van der Waals surface area contributed by atoms with Gasteiger partial charge in [-0.05, 0) is 47.4 Å². The van der Waals surface area contributed by atoms with Gasteiger partial charge in [0.15, 0.2) is 5.82 Å². The van der Waals surface area contributed by atoms with Crippen LogP contribution in [0.5, 0.6) is 0 Å². The molecule has 7 heteroatoms. The number of nitrogens with zero attached hydrogens (tertiary/aromatic N) is 6. The van der Waals surface area contributed by atoms with Gasteiger partial charge in [-0.1, -0.05) is 38.3 Å².